The summed E-state index contributed by atoms with van der Waals surface area (Å²) in [5.74, 6) is 0. The van der Waals surface area contributed by atoms with Crippen LogP contribution in [-0.2, 0) is 4.74 Å². The lowest BCUT2D eigenvalue weighted by molar-refractivity contribution is 0.127. The molecule has 1 N–H and O–H groups in total. The summed E-state index contributed by atoms with van der Waals surface area (Å²) in [7, 11) is 0. The van der Waals surface area contributed by atoms with E-state index in [9.17, 15) is 0 Å². The van der Waals surface area contributed by atoms with E-state index in [2.05, 4.69) is 0 Å². The van der Waals surface area contributed by atoms with Crippen LogP contribution in [0.4, 0.5) is 0 Å². The van der Waals surface area contributed by atoms with Gasteiger partial charge in [-0.1, -0.05) is 0 Å². The van der Waals surface area contributed by atoms with Crippen molar-refractivity contribution in [1.82, 2.24) is 0 Å². The second-order valence-electron chi connectivity index (χ2n) is 1.62. The first-order valence-corrected chi connectivity index (χ1v) is 2.64. The van der Waals surface area contributed by atoms with Gasteiger partial charge in [0, 0.05) is 0 Å². The van der Waals surface area contributed by atoms with Crippen molar-refractivity contribution in [2.24, 2.45) is 0 Å². The standard InChI is InChI=1S/C4H7ClO2/c5-3-1-7-2-4(3)6/h3-4,6H,1-2H2/t3-,4-/m1/s1. The highest BCUT2D eigenvalue weighted by atomic mass is 35.5. The minimum atomic E-state index is -0.443. The number of aliphatic hydroxyl groups is 1. The normalized spacial score (nSPS) is 42.0. The van der Waals surface area contributed by atoms with Crippen LogP contribution < -0.4 is 0 Å². The topological polar surface area (TPSA) is 29.5 Å². The Labute approximate surface area is 47.0 Å². The molecule has 0 amide bonds. The van der Waals surface area contributed by atoms with E-state index in [1.165, 1.54) is 0 Å². The van der Waals surface area contributed by atoms with Gasteiger partial charge < -0.3 is 9.84 Å². The first kappa shape index (κ1) is 5.35. The van der Waals surface area contributed by atoms with Gasteiger partial charge in [-0.3, -0.25) is 0 Å². The molecule has 2 atom stereocenters. The van der Waals surface area contributed by atoms with Crippen LogP contribution >= 0.6 is 11.6 Å². The number of aliphatic hydroxyl groups excluding tert-OH is 1. The number of rotatable bonds is 0. The van der Waals surface area contributed by atoms with Gasteiger partial charge in [-0.05, 0) is 0 Å². The number of hydrogen-bond donors (Lipinski definition) is 1. The predicted molar refractivity (Wildman–Crippen MR) is 26.5 cm³/mol. The Balaban J connectivity index is 2.33. The van der Waals surface area contributed by atoms with E-state index in [1.54, 1.807) is 0 Å². The predicted octanol–water partition coefficient (Wildman–Crippen LogP) is -0.0151. The van der Waals surface area contributed by atoms with Crippen molar-refractivity contribution in [3.05, 3.63) is 0 Å². The molecule has 0 saturated carbocycles. The molecule has 0 bridgehead atoms. The molecule has 1 aliphatic rings. The Morgan fingerprint density at radius 2 is 2.29 bits per heavy atom. The third-order valence-corrected chi connectivity index (χ3v) is 1.40. The van der Waals surface area contributed by atoms with Gasteiger partial charge in [-0.15, -0.1) is 11.6 Å². The molecule has 7 heavy (non-hydrogen) atoms. The molecule has 0 aromatic rings. The van der Waals surface area contributed by atoms with Crippen molar-refractivity contribution >= 4 is 11.6 Å². The number of hydrogen-bond acceptors (Lipinski definition) is 2. The lowest BCUT2D eigenvalue weighted by Crippen LogP contribution is -2.16. The van der Waals surface area contributed by atoms with Crippen molar-refractivity contribution in [2.45, 2.75) is 11.5 Å². The summed E-state index contributed by atoms with van der Waals surface area (Å²) in [5.41, 5.74) is 0. The van der Waals surface area contributed by atoms with Gasteiger partial charge in [0.05, 0.1) is 24.7 Å². The van der Waals surface area contributed by atoms with Crippen molar-refractivity contribution in [3.8, 4) is 0 Å². The van der Waals surface area contributed by atoms with Crippen LogP contribution in [-0.4, -0.2) is 29.8 Å². The average Bonchev–Trinajstić information content (AvgIpc) is 1.91. The molecule has 0 unspecified atom stereocenters. The molecule has 1 heterocycles. The van der Waals surface area contributed by atoms with Gasteiger partial charge in [0.15, 0.2) is 0 Å². The van der Waals surface area contributed by atoms with Crippen molar-refractivity contribution in [2.75, 3.05) is 13.2 Å². The van der Waals surface area contributed by atoms with E-state index < -0.39 is 6.10 Å². The Kier molecular flexibility index (Phi) is 1.52. The molecule has 1 fully saturated rings. The number of alkyl halides is 1. The van der Waals surface area contributed by atoms with Crippen LogP contribution in [0.3, 0.4) is 0 Å². The molecular formula is C4H7ClO2. The summed E-state index contributed by atoms with van der Waals surface area (Å²) < 4.78 is 4.79. The molecular weight excluding hydrogens is 115 g/mol. The number of halogens is 1. The number of ether oxygens (including phenoxy) is 1. The van der Waals surface area contributed by atoms with E-state index in [4.69, 9.17) is 21.4 Å². The van der Waals surface area contributed by atoms with E-state index in [0.29, 0.717) is 13.2 Å². The Morgan fingerprint density at radius 3 is 2.43 bits per heavy atom. The molecule has 42 valence electrons. The van der Waals surface area contributed by atoms with Crippen molar-refractivity contribution < 1.29 is 9.84 Å². The smallest absolute Gasteiger partial charge is 0.0959 e. The summed E-state index contributed by atoms with van der Waals surface area (Å²) in [4.78, 5) is 0. The third-order valence-electron chi connectivity index (χ3n) is 0.983. The third kappa shape index (κ3) is 1.06. The molecule has 1 saturated heterocycles. The van der Waals surface area contributed by atoms with Crippen LogP contribution in [0.15, 0.2) is 0 Å². The fourth-order valence-corrected chi connectivity index (χ4v) is 0.679. The van der Waals surface area contributed by atoms with Crippen LogP contribution in [0, 0.1) is 0 Å². The Hall–Kier alpha value is 0.210. The average molecular weight is 123 g/mol. The van der Waals surface area contributed by atoms with Gasteiger partial charge in [-0.2, -0.15) is 0 Å². The molecule has 1 aliphatic heterocycles. The highest BCUT2D eigenvalue weighted by Crippen LogP contribution is 2.10. The zero-order valence-corrected chi connectivity index (χ0v) is 4.56. The van der Waals surface area contributed by atoms with Crippen LogP contribution in [0.5, 0.6) is 0 Å². The molecule has 0 spiro atoms. The van der Waals surface area contributed by atoms with Crippen LogP contribution in [0.25, 0.3) is 0 Å². The lowest BCUT2D eigenvalue weighted by atomic mass is 10.3. The van der Waals surface area contributed by atoms with Gasteiger partial charge in [0.2, 0.25) is 0 Å². The summed E-state index contributed by atoms with van der Waals surface area (Å²) in [6.07, 6.45) is -0.443. The summed E-state index contributed by atoms with van der Waals surface area (Å²) in [6.45, 7) is 0.886. The zero-order chi connectivity index (χ0) is 5.28. The molecule has 0 aliphatic carbocycles. The molecule has 0 radical (unpaired) electrons. The van der Waals surface area contributed by atoms with Crippen LogP contribution in [0.2, 0.25) is 0 Å². The van der Waals surface area contributed by atoms with Gasteiger partial charge in [0.1, 0.15) is 0 Å². The monoisotopic (exact) mass is 122 g/mol. The van der Waals surface area contributed by atoms with E-state index in [0.717, 1.165) is 0 Å². The lowest BCUT2D eigenvalue weighted by Gasteiger charge is -1.98. The van der Waals surface area contributed by atoms with Gasteiger partial charge in [0.25, 0.3) is 0 Å². The highest BCUT2D eigenvalue weighted by Gasteiger charge is 2.22. The first-order valence-electron chi connectivity index (χ1n) is 2.20. The largest absolute Gasteiger partial charge is 0.389 e. The zero-order valence-electron chi connectivity index (χ0n) is 3.80. The van der Waals surface area contributed by atoms with Crippen molar-refractivity contribution in [1.29, 1.82) is 0 Å². The van der Waals surface area contributed by atoms with E-state index in [1.807, 2.05) is 0 Å². The summed E-state index contributed by atoms with van der Waals surface area (Å²) >= 11 is 5.49. The van der Waals surface area contributed by atoms with Crippen LogP contribution in [0.1, 0.15) is 0 Å². The van der Waals surface area contributed by atoms with Gasteiger partial charge in [-0.25, -0.2) is 0 Å². The molecule has 0 aromatic carbocycles. The molecule has 2 nitrogen and oxygen atoms in total. The SMILES string of the molecule is O[C@@H]1COC[C@H]1Cl. The van der Waals surface area contributed by atoms with E-state index in [-0.39, 0.29) is 5.38 Å². The maximum absolute atomic E-state index is 8.74. The maximum atomic E-state index is 8.74. The second-order valence-corrected chi connectivity index (χ2v) is 2.18. The fourth-order valence-electron chi connectivity index (χ4n) is 0.517. The minimum absolute atomic E-state index is 0.181. The highest BCUT2D eigenvalue weighted by molar-refractivity contribution is 6.21. The van der Waals surface area contributed by atoms with Gasteiger partial charge >= 0.3 is 0 Å². The Bertz CT molecular complexity index is 58.7. The second kappa shape index (κ2) is 1.99. The maximum Gasteiger partial charge on any atom is 0.0959 e. The Morgan fingerprint density at radius 1 is 1.57 bits per heavy atom. The van der Waals surface area contributed by atoms with E-state index >= 15 is 0 Å². The molecule has 0 aromatic heterocycles. The fraction of sp³-hybridized carbons (Fsp3) is 1.00. The summed E-state index contributed by atoms with van der Waals surface area (Å²) in [6, 6.07) is 0. The molecule has 1 rings (SSSR count). The van der Waals surface area contributed by atoms with Crippen molar-refractivity contribution in [3.63, 3.8) is 0 Å². The quantitative estimate of drug-likeness (QED) is 0.458. The first-order chi connectivity index (χ1) is 3.30. The summed E-state index contributed by atoms with van der Waals surface area (Å²) in [5, 5.41) is 8.56. The minimum Gasteiger partial charge on any atom is -0.389 e. The molecule has 3 heteroatoms.